The first-order valence-corrected chi connectivity index (χ1v) is 13.5. The Hall–Kier alpha value is -2.41. The van der Waals surface area contributed by atoms with Gasteiger partial charge in [-0.25, -0.2) is 8.42 Å². The normalized spacial score (nSPS) is 27.8. The lowest BCUT2D eigenvalue weighted by Crippen LogP contribution is -2.35. The molecular weight excluding hydrogens is 496 g/mol. The Balaban J connectivity index is 1.45. The molecule has 3 aromatic rings. The molecule has 33 heavy (non-hydrogen) atoms. The Morgan fingerprint density at radius 3 is 2.48 bits per heavy atom. The van der Waals surface area contributed by atoms with Crippen LogP contribution in [-0.4, -0.2) is 31.9 Å². The smallest absolute Gasteiger partial charge is 0.264 e. The van der Waals surface area contributed by atoms with Gasteiger partial charge >= 0.3 is 0 Å². The molecule has 1 unspecified atom stereocenters. The first-order chi connectivity index (χ1) is 15.9. The minimum atomic E-state index is -3.67. The molecule has 4 nitrogen and oxygen atoms in total. The molecule has 1 saturated heterocycles. The number of aryl methyl sites for hydroxylation is 1. The lowest BCUT2D eigenvalue weighted by atomic mass is 9.80. The van der Waals surface area contributed by atoms with E-state index >= 15 is 0 Å². The van der Waals surface area contributed by atoms with Crippen molar-refractivity contribution in [2.75, 3.05) is 17.4 Å². The van der Waals surface area contributed by atoms with E-state index in [1.807, 2.05) is 37.3 Å². The predicted octanol–water partition coefficient (Wildman–Crippen LogP) is 5.81. The molecule has 1 fully saturated rings. The number of benzene rings is 3. The summed E-state index contributed by atoms with van der Waals surface area (Å²) in [6.45, 7) is 3.40. The molecule has 0 bridgehead atoms. The van der Waals surface area contributed by atoms with E-state index in [1.54, 1.807) is 16.4 Å². The molecule has 6 rings (SSSR count). The lowest BCUT2D eigenvalue weighted by molar-refractivity contribution is 0.312. The van der Waals surface area contributed by atoms with Gasteiger partial charge in [-0.3, -0.25) is 9.21 Å². The van der Waals surface area contributed by atoms with Crippen molar-refractivity contribution in [1.29, 1.82) is 0 Å². The Labute approximate surface area is 203 Å². The molecule has 0 radical (unpaired) electrons. The van der Waals surface area contributed by atoms with E-state index in [-0.39, 0.29) is 17.5 Å². The second-order valence-corrected chi connectivity index (χ2v) is 12.1. The largest absolute Gasteiger partial charge is 0.283 e. The van der Waals surface area contributed by atoms with Gasteiger partial charge in [0, 0.05) is 29.0 Å². The van der Waals surface area contributed by atoms with Crippen LogP contribution in [-0.2, 0) is 10.0 Å². The quantitative estimate of drug-likeness (QED) is 0.323. The third-order valence-corrected chi connectivity index (χ3v) is 9.73. The summed E-state index contributed by atoms with van der Waals surface area (Å²) in [5, 5.41) is 0. The third-order valence-electron chi connectivity index (χ3n) is 7.40. The van der Waals surface area contributed by atoms with Crippen LogP contribution in [0, 0.1) is 6.92 Å². The fourth-order valence-electron chi connectivity index (χ4n) is 5.63. The molecule has 0 saturated carbocycles. The van der Waals surface area contributed by atoms with Crippen molar-refractivity contribution in [1.82, 2.24) is 4.90 Å². The maximum atomic E-state index is 13.8. The number of anilines is 1. The molecule has 3 aliphatic rings. The number of nitrogens with zero attached hydrogens (tertiary/aromatic N) is 2. The van der Waals surface area contributed by atoms with Crippen molar-refractivity contribution in [3.05, 3.63) is 106 Å². The molecule has 0 aliphatic carbocycles. The Morgan fingerprint density at radius 2 is 1.73 bits per heavy atom. The standard InChI is InChI=1S/C27H25BrN2O2S/c1-19-7-10-22(11-8-19)33(31,32)30-16-15-27-18-29(27)25(20-5-3-2-4-6-20)14-12-24(27)23-17-21(28)9-13-26(23)30/h2-14,17,24-25H,15-16,18H2,1H3/t24-,25+,27+,29?/m0/s1. The summed E-state index contributed by atoms with van der Waals surface area (Å²) >= 11 is 3.63. The average Bonchev–Trinajstić information content (AvgIpc) is 3.57. The number of hydrogen-bond donors (Lipinski definition) is 0. The van der Waals surface area contributed by atoms with E-state index in [2.05, 4.69) is 63.3 Å². The van der Waals surface area contributed by atoms with Crippen molar-refractivity contribution >= 4 is 31.6 Å². The highest BCUT2D eigenvalue weighted by Gasteiger charge is 2.62. The van der Waals surface area contributed by atoms with Gasteiger partial charge in [0.2, 0.25) is 0 Å². The van der Waals surface area contributed by atoms with Crippen LogP contribution in [0.2, 0.25) is 0 Å². The number of halogens is 1. The van der Waals surface area contributed by atoms with E-state index in [0.29, 0.717) is 11.4 Å². The third kappa shape index (κ3) is 3.30. The minimum Gasteiger partial charge on any atom is -0.283 e. The zero-order valence-electron chi connectivity index (χ0n) is 18.4. The second kappa shape index (κ2) is 7.55. The SMILES string of the molecule is Cc1ccc(S(=O)(=O)N2CC[C@]34CN3[C@@H](c3ccccc3)C=C[C@H]4c3cc(Br)ccc32)cc1. The Kier molecular flexibility index (Phi) is 4.84. The first kappa shape index (κ1) is 21.1. The summed E-state index contributed by atoms with van der Waals surface area (Å²) in [6, 6.07) is 24.0. The van der Waals surface area contributed by atoms with Gasteiger partial charge in [-0.05, 0) is 54.8 Å². The average molecular weight is 521 g/mol. The van der Waals surface area contributed by atoms with Gasteiger partial charge in [0.15, 0.2) is 0 Å². The summed E-state index contributed by atoms with van der Waals surface area (Å²) in [7, 11) is -3.67. The highest BCUT2D eigenvalue weighted by molar-refractivity contribution is 9.10. The van der Waals surface area contributed by atoms with E-state index in [4.69, 9.17) is 0 Å². The van der Waals surface area contributed by atoms with Crippen molar-refractivity contribution < 1.29 is 8.42 Å². The van der Waals surface area contributed by atoms with Crippen molar-refractivity contribution in [2.45, 2.75) is 35.7 Å². The van der Waals surface area contributed by atoms with Crippen LogP contribution >= 0.6 is 15.9 Å². The van der Waals surface area contributed by atoms with Crippen LogP contribution in [0.4, 0.5) is 5.69 Å². The maximum Gasteiger partial charge on any atom is 0.264 e. The summed E-state index contributed by atoms with van der Waals surface area (Å²) in [6.07, 6.45) is 5.40. The van der Waals surface area contributed by atoms with Crippen LogP contribution in [0.3, 0.4) is 0 Å². The van der Waals surface area contributed by atoms with E-state index in [0.717, 1.165) is 34.3 Å². The number of hydrogen-bond acceptors (Lipinski definition) is 3. The molecule has 0 N–H and O–H groups in total. The summed E-state index contributed by atoms with van der Waals surface area (Å²) < 4.78 is 30.2. The summed E-state index contributed by atoms with van der Waals surface area (Å²) in [5.41, 5.74) is 4.14. The Morgan fingerprint density at radius 1 is 0.970 bits per heavy atom. The predicted molar refractivity (Wildman–Crippen MR) is 135 cm³/mol. The van der Waals surface area contributed by atoms with Gasteiger partial charge in [-0.1, -0.05) is 76.1 Å². The monoisotopic (exact) mass is 520 g/mol. The zero-order chi connectivity index (χ0) is 22.8. The van der Waals surface area contributed by atoms with Crippen LogP contribution in [0.5, 0.6) is 0 Å². The molecule has 168 valence electrons. The fraction of sp³-hybridized carbons (Fsp3) is 0.259. The molecule has 0 aromatic heterocycles. The number of fused-ring (bicyclic) bond motifs is 2. The maximum absolute atomic E-state index is 13.8. The molecule has 3 aromatic carbocycles. The van der Waals surface area contributed by atoms with Crippen molar-refractivity contribution in [3.8, 4) is 0 Å². The number of rotatable bonds is 3. The molecule has 4 atom stereocenters. The zero-order valence-corrected chi connectivity index (χ0v) is 20.8. The minimum absolute atomic E-state index is 0.0532. The first-order valence-electron chi connectivity index (χ1n) is 11.3. The van der Waals surface area contributed by atoms with Gasteiger partial charge in [0.1, 0.15) is 0 Å². The Bertz CT molecular complexity index is 1350. The van der Waals surface area contributed by atoms with Gasteiger partial charge in [-0.15, -0.1) is 0 Å². The van der Waals surface area contributed by atoms with E-state index in [9.17, 15) is 8.42 Å². The van der Waals surface area contributed by atoms with Gasteiger partial charge in [-0.2, -0.15) is 0 Å². The highest BCUT2D eigenvalue weighted by atomic mass is 79.9. The summed E-state index contributed by atoms with van der Waals surface area (Å²) in [5.74, 6) is 0.156. The molecule has 3 heterocycles. The topological polar surface area (TPSA) is 40.4 Å². The fourth-order valence-corrected chi connectivity index (χ4v) is 7.50. The molecular formula is C27H25BrN2O2S. The van der Waals surface area contributed by atoms with E-state index < -0.39 is 10.0 Å². The van der Waals surface area contributed by atoms with E-state index in [1.165, 1.54) is 5.56 Å². The molecule has 6 heteroatoms. The van der Waals surface area contributed by atoms with Crippen LogP contribution in [0.15, 0.2) is 94.3 Å². The molecule has 0 amide bonds. The lowest BCUT2D eigenvalue weighted by Gasteiger charge is -2.32. The van der Waals surface area contributed by atoms with Crippen molar-refractivity contribution in [3.63, 3.8) is 0 Å². The van der Waals surface area contributed by atoms with Gasteiger partial charge < -0.3 is 0 Å². The van der Waals surface area contributed by atoms with Gasteiger partial charge in [0.25, 0.3) is 10.0 Å². The van der Waals surface area contributed by atoms with Gasteiger partial charge in [0.05, 0.1) is 16.6 Å². The molecule has 1 spiro atoms. The molecule has 3 aliphatic heterocycles. The van der Waals surface area contributed by atoms with Crippen molar-refractivity contribution in [2.24, 2.45) is 0 Å². The van der Waals surface area contributed by atoms with Crippen LogP contribution < -0.4 is 4.31 Å². The highest BCUT2D eigenvalue weighted by Crippen LogP contribution is 2.59. The second-order valence-electron chi connectivity index (χ2n) is 9.29. The van der Waals surface area contributed by atoms with Crippen LogP contribution in [0.1, 0.15) is 35.1 Å². The number of sulfonamides is 1. The van der Waals surface area contributed by atoms with Crippen LogP contribution in [0.25, 0.3) is 0 Å². The summed E-state index contributed by atoms with van der Waals surface area (Å²) in [4.78, 5) is 2.88.